The number of anilines is 1. The minimum absolute atomic E-state index is 0.0312. The van der Waals surface area contributed by atoms with Crippen molar-refractivity contribution in [1.29, 1.82) is 0 Å². The average molecular weight is 360 g/mol. The quantitative estimate of drug-likeness (QED) is 0.819. The van der Waals surface area contributed by atoms with E-state index in [1.54, 1.807) is 7.11 Å². The molecular formula is C21H33N3O2. The fourth-order valence-corrected chi connectivity index (χ4v) is 4.51. The van der Waals surface area contributed by atoms with Crippen molar-refractivity contribution in [3.8, 4) is 5.75 Å². The Morgan fingerprint density at radius 3 is 2.85 bits per heavy atom. The maximum atomic E-state index is 12.7. The van der Waals surface area contributed by atoms with E-state index in [9.17, 15) is 4.79 Å². The lowest BCUT2D eigenvalue weighted by molar-refractivity contribution is -0.124. The summed E-state index contributed by atoms with van der Waals surface area (Å²) in [5, 5.41) is 3.29. The number of hydrogen-bond donors (Lipinski definition) is 2. The number of piperidine rings is 1. The van der Waals surface area contributed by atoms with Crippen molar-refractivity contribution >= 4 is 11.6 Å². The molecule has 1 aromatic rings. The number of nitrogens with zero attached hydrogens (tertiary/aromatic N) is 1. The zero-order valence-electron chi connectivity index (χ0n) is 16.0. The minimum atomic E-state index is 0.0312. The van der Waals surface area contributed by atoms with Crippen LogP contribution in [0.2, 0.25) is 0 Å². The maximum absolute atomic E-state index is 12.7. The molecule has 1 aliphatic heterocycles. The molecule has 1 saturated carbocycles. The van der Waals surface area contributed by atoms with E-state index in [0.717, 1.165) is 50.2 Å². The molecule has 0 bridgehead atoms. The molecule has 1 aliphatic carbocycles. The van der Waals surface area contributed by atoms with E-state index in [1.807, 2.05) is 12.1 Å². The molecule has 2 fully saturated rings. The molecule has 0 radical (unpaired) electrons. The van der Waals surface area contributed by atoms with Gasteiger partial charge in [-0.3, -0.25) is 4.79 Å². The summed E-state index contributed by atoms with van der Waals surface area (Å²) in [6.07, 6.45) is 8.59. The summed E-state index contributed by atoms with van der Waals surface area (Å²) in [4.78, 5) is 15.0. The first-order chi connectivity index (χ1) is 12.6. The predicted molar refractivity (Wildman–Crippen MR) is 106 cm³/mol. The summed E-state index contributed by atoms with van der Waals surface area (Å²) in [6.45, 7) is 2.50. The second-order valence-corrected chi connectivity index (χ2v) is 8.00. The molecule has 5 nitrogen and oxygen atoms in total. The molecule has 1 heterocycles. The average Bonchev–Trinajstić information content (AvgIpc) is 2.69. The van der Waals surface area contributed by atoms with Crippen LogP contribution >= 0.6 is 0 Å². The Morgan fingerprint density at radius 1 is 1.31 bits per heavy atom. The largest absolute Gasteiger partial charge is 0.497 e. The van der Waals surface area contributed by atoms with E-state index < -0.39 is 0 Å². The number of ether oxygens (including phenoxy) is 1. The third kappa shape index (κ3) is 4.70. The molecule has 0 aromatic heterocycles. The van der Waals surface area contributed by atoms with Gasteiger partial charge in [0.25, 0.3) is 0 Å². The van der Waals surface area contributed by atoms with Crippen molar-refractivity contribution in [3.63, 3.8) is 0 Å². The van der Waals surface area contributed by atoms with Crippen molar-refractivity contribution in [3.05, 3.63) is 24.3 Å². The highest BCUT2D eigenvalue weighted by atomic mass is 16.5. The van der Waals surface area contributed by atoms with Crippen LogP contribution in [0.25, 0.3) is 0 Å². The minimum Gasteiger partial charge on any atom is -0.497 e. The number of methoxy groups -OCH3 is 1. The Morgan fingerprint density at radius 2 is 2.12 bits per heavy atom. The molecule has 1 atom stereocenters. The highest BCUT2D eigenvalue weighted by Crippen LogP contribution is 2.38. The van der Waals surface area contributed by atoms with Gasteiger partial charge in [0, 0.05) is 37.3 Å². The summed E-state index contributed by atoms with van der Waals surface area (Å²) in [5.74, 6) is 1.05. The van der Waals surface area contributed by atoms with Crippen LogP contribution in [-0.4, -0.2) is 38.7 Å². The first-order valence-electron chi connectivity index (χ1n) is 10.0. The lowest BCUT2D eigenvalue weighted by atomic mass is 9.71. The molecule has 0 spiro atoms. The summed E-state index contributed by atoms with van der Waals surface area (Å²) in [6, 6.07) is 8.36. The van der Waals surface area contributed by atoms with Gasteiger partial charge in [-0.2, -0.15) is 0 Å². The van der Waals surface area contributed by atoms with Crippen LogP contribution in [0.3, 0.4) is 0 Å². The normalized spacial score (nSPS) is 22.7. The van der Waals surface area contributed by atoms with E-state index in [0.29, 0.717) is 13.0 Å². The molecule has 144 valence electrons. The molecule has 3 N–H and O–H groups in total. The fourth-order valence-electron chi connectivity index (χ4n) is 4.51. The van der Waals surface area contributed by atoms with Gasteiger partial charge in [0.05, 0.1) is 7.11 Å². The number of hydrogen-bond acceptors (Lipinski definition) is 4. The Kier molecular flexibility index (Phi) is 6.41. The number of amides is 1. The van der Waals surface area contributed by atoms with E-state index >= 15 is 0 Å². The first-order valence-corrected chi connectivity index (χ1v) is 10.0. The Labute approximate surface area is 157 Å². The third-order valence-electron chi connectivity index (χ3n) is 6.09. The second-order valence-electron chi connectivity index (χ2n) is 8.00. The topological polar surface area (TPSA) is 67.6 Å². The zero-order valence-corrected chi connectivity index (χ0v) is 16.0. The van der Waals surface area contributed by atoms with E-state index in [4.69, 9.17) is 10.5 Å². The summed E-state index contributed by atoms with van der Waals surface area (Å²) in [7, 11) is 1.69. The molecule has 1 saturated heterocycles. The fraction of sp³-hybridized carbons (Fsp3) is 0.667. The molecule has 5 heteroatoms. The number of rotatable bonds is 6. The molecule has 1 aromatic carbocycles. The molecule has 2 aliphatic rings. The second kappa shape index (κ2) is 8.76. The lowest BCUT2D eigenvalue weighted by Gasteiger charge is -2.38. The van der Waals surface area contributed by atoms with E-state index in [2.05, 4.69) is 22.3 Å². The van der Waals surface area contributed by atoms with Crippen molar-refractivity contribution < 1.29 is 9.53 Å². The number of carbonyl (C=O) groups excluding carboxylic acids is 1. The highest BCUT2D eigenvalue weighted by molar-refractivity contribution is 5.77. The van der Waals surface area contributed by atoms with Gasteiger partial charge in [-0.05, 0) is 49.8 Å². The zero-order chi connectivity index (χ0) is 18.4. The van der Waals surface area contributed by atoms with Gasteiger partial charge in [-0.25, -0.2) is 0 Å². The highest BCUT2D eigenvalue weighted by Gasteiger charge is 2.33. The van der Waals surface area contributed by atoms with Crippen LogP contribution in [0.4, 0.5) is 5.69 Å². The summed E-state index contributed by atoms with van der Waals surface area (Å²) < 4.78 is 5.34. The van der Waals surface area contributed by atoms with Crippen LogP contribution in [0.15, 0.2) is 24.3 Å². The van der Waals surface area contributed by atoms with Crippen molar-refractivity contribution in [2.75, 3.05) is 31.6 Å². The van der Waals surface area contributed by atoms with Gasteiger partial charge < -0.3 is 20.7 Å². The van der Waals surface area contributed by atoms with Gasteiger partial charge in [0.2, 0.25) is 5.91 Å². The molecule has 1 amide bonds. The number of carbonyl (C=O) groups is 1. The van der Waals surface area contributed by atoms with Gasteiger partial charge in [-0.15, -0.1) is 0 Å². The van der Waals surface area contributed by atoms with Crippen molar-refractivity contribution in [2.45, 2.75) is 57.4 Å². The maximum Gasteiger partial charge on any atom is 0.220 e. The van der Waals surface area contributed by atoms with E-state index in [-0.39, 0.29) is 17.4 Å². The predicted octanol–water partition coefficient (Wildman–Crippen LogP) is 3.08. The molecule has 26 heavy (non-hydrogen) atoms. The summed E-state index contributed by atoms with van der Waals surface area (Å²) >= 11 is 0. The third-order valence-corrected chi connectivity index (χ3v) is 6.09. The van der Waals surface area contributed by atoms with Crippen LogP contribution in [0.1, 0.15) is 51.4 Å². The van der Waals surface area contributed by atoms with Crippen LogP contribution in [-0.2, 0) is 4.79 Å². The summed E-state index contributed by atoms with van der Waals surface area (Å²) in [5.41, 5.74) is 7.24. The van der Waals surface area contributed by atoms with Crippen molar-refractivity contribution in [1.82, 2.24) is 5.32 Å². The Hall–Kier alpha value is -1.75. The van der Waals surface area contributed by atoms with Gasteiger partial charge in [0.15, 0.2) is 0 Å². The van der Waals surface area contributed by atoms with Crippen molar-refractivity contribution in [2.24, 2.45) is 11.1 Å². The van der Waals surface area contributed by atoms with Crippen LogP contribution < -0.4 is 20.7 Å². The Balaban J connectivity index is 1.56. The molecule has 3 rings (SSSR count). The van der Waals surface area contributed by atoms with Gasteiger partial charge in [0.1, 0.15) is 5.75 Å². The van der Waals surface area contributed by atoms with Crippen LogP contribution in [0, 0.1) is 5.41 Å². The number of benzene rings is 1. The molecule has 1 unspecified atom stereocenters. The smallest absolute Gasteiger partial charge is 0.220 e. The van der Waals surface area contributed by atoms with Crippen LogP contribution in [0.5, 0.6) is 5.75 Å². The first kappa shape index (κ1) is 19.0. The van der Waals surface area contributed by atoms with E-state index in [1.165, 1.54) is 19.3 Å². The number of nitrogens with two attached hydrogens (primary N) is 1. The SMILES string of the molecule is COc1cccc(N2CCCC(NC(=O)CC3(CN)CCCCC3)C2)c1. The van der Waals surface area contributed by atoms with Gasteiger partial charge >= 0.3 is 0 Å². The monoisotopic (exact) mass is 359 g/mol. The number of nitrogens with one attached hydrogen (secondary N) is 1. The lowest BCUT2D eigenvalue weighted by Crippen LogP contribution is -2.49. The molecular weight excluding hydrogens is 326 g/mol. The standard InChI is InChI=1S/C21H33N3O2/c1-26-19-9-5-8-18(13-19)24-12-6-7-17(15-24)23-20(25)14-21(16-22)10-3-2-4-11-21/h5,8-9,13,17H,2-4,6-7,10-12,14-16,22H2,1H3,(H,23,25). The van der Waals surface area contributed by atoms with Gasteiger partial charge in [-0.1, -0.05) is 25.3 Å². The Bertz CT molecular complexity index is 599.